The highest BCUT2D eigenvalue weighted by Crippen LogP contribution is 2.40. The Morgan fingerprint density at radius 3 is 2.32 bits per heavy atom. The topological polar surface area (TPSA) is 49.8 Å². The van der Waals surface area contributed by atoms with Crippen molar-refractivity contribution in [2.24, 2.45) is 11.8 Å². The number of hydrogen-bond acceptors (Lipinski definition) is 4. The first-order valence-electron chi connectivity index (χ1n) is 8.70. The lowest BCUT2D eigenvalue weighted by molar-refractivity contribution is -0.154. The minimum absolute atomic E-state index is 0.101. The second-order valence-electron chi connectivity index (χ2n) is 8.61. The molecule has 1 N–H and O–H groups in total. The SMILES string of the molecule is CN1C(C)(C)CC(COC(=O)C2CCCC(O)C2)CC1(C)C. The molecule has 1 heterocycles. The fourth-order valence-electron chi connectivity index (χ4n) is 4.39. The zero-order chi connectivity index (χ0) is 16.5. The maximum atomic E-state index is 12.2. The molecule has 0 aromatic heterocycles. The molecule has 4 nitrogen and oxygen atoms in total. The van der Waals surface area contributed by atoms with E-state index >= 15 is 0 Å². The molecule has 22 heavy (non-hydrogen) atoms. The fraction of sp³-hybridized carbons (Fsp3) is 0.944. The molecular formula is C18H33NO3. The van der Waals surface area contributed by atoms with Gasteiger partial charge in [0.2, 0.25) is 0 Å². The van der Waals surface area contributed by atoms with E-state index in [4.69, 9.17) is 4.74 Å². The second-order valence-corrected chi connectivity index (χ2v) is 8.61. The van der Waals surface area contributed by atoms with Gasteiger partial charge in [0.15, 0.2) is 0 Å². The molecule has 2 atom stereocenters. The molecule has 0 bridgehead atoms. The summed E-state index contributed by atoms with van der Waals surface area (Å²) in [5, 5.41) is 9.70. The van der Waals surface area contributed by atoms with Gasteiger partial charge in [-0.3, -0.25) is 9.69 Å². The molecule has 1 aliphatic heterocycles. The van der Waals surface area contributed by atoms with E-state index in [0.29, 0.717) is 18.9 Å². The van der Waals surface area contributed by atoms with Gasteiger partial charge in [-0.15, -0.1) is 0 Å². The number of aliphatic hydroxyl groups excluding tert-OH is 1. The summed E-state index contributed by atoms with van der Waals surface area (Å²) in [5.74, 6) is 0.211. The standard InChI is InChI=1S/C18H33NO3/c1-17(2)10-13(11-18(3,4)19(17)5)12-22-16(21)14-7-6-8-15(20)9-14/h13-15,20H,6-12H2,1-5H3. The molecule has 1 saturated carbocycles. The number of ether oxygens (including phenoxy) is 1. The first-order valence-corrected chi connectivity index (χ1v) is 8.70. The van der Waals surface area contributed by atoms with E-state index in [-0.39, 0.29) is 29.1 Å². The fourth-order valence-corrected chi connectivity index (χ4v) is 4.39. The van der Waals surface area contributed by atoms with Crippen LogP contribution >= 0.6 is 0 Å². The highest BCUT2D eigenvalue weighted by Gasteiger charge is 2.43. The zero-order valence-electron chi connectivity index (χ0n) is 14.9. The second kappa shape index (κ2) is 6.48. The van der Waals surface area contributed by atoms with Gasteiger partial charge in [-0.25, -0.2) is 0 Å². The maximum absolute atomic E-state index is 12.2. The van der Waals surface area contributed by atoms with Crippen molar-refractivity contribution in [2.75, 3.05) is 13.7 Å². The van der Waals surface area contributed by atoms with Crippen LogP contribution in [0.5, 0.6) is 0 Å². The third kappa shape index (κ3) is 4.02. The smallest absolute Gasteiger partial charge is 0.309 e. The average Bonchev–Trinajstić information content (AvgIpc) is 2.41. The molecular weight excluding hydrogens is 278 g/mol. The number of hydrogen-bond donors (Lipinski definition) is 1. The molecule has 0 radical (unpaired) electrons. The van der Waals surface area contributed by atoms with Gasteiger partial charge in [-0.1, -0.05) is 6.42 Å². The third-order valence-corrected chi connectivity index (χ3v) is 5.83. The van der Waals surface area contributed by atoms with E-state index < -0.39 is 0 Å². The molecule has 128 valence electrons. The lowest BCUT2D eigenvalue weighted by Gasteiger charge is -2.53. The number of piperidine rings is 1. The van der Waals surface area contributed by atoms with Crippen LogP contribution in [-0.2, 0) is 9.53 Å². The third-order valence-electron chi connectivity index (χ3n) is 5.83. The Bertz CT molecular complexity index is 387. The van der Waals surface area contributed by atoms with Crippen LogP contribution in [0.1, 0.15) is 66.2 Å². The van der Waals surface area contributed by atoms with Crippen LogP contribution < -0.4 is 0 Å². The van der Waals surface area contributed by atoms with Crippen LogP contribution in [0.3, 0.4) is 0 Å². The zero-order valence-corrected chi connectivity index (χ0v) is 14.9. The molecule has 2 aliphatic rings. The van der Waals surface area contributed by atoms with Crippen LogP contribution in [0.15, 0.2) is 0 Å². The van der Waals surface area contributed by atoms with Crippen LogP contribution in [-0.4, -0.2) is 46.8 Å². The van der Waals surface area contributed by atoms with Crippen molar-refractivity contribution in [3.8, 4) is 0 Å². The van der Waals surface area contributed by atoms with Crippen molar-refractivity contribution in [1.29, 1.82) is 0 Å². The molecule has 1 saturated heterocycles. The van der Waals surface area contributed by atoms with E-state index in [1.807, 2.05) is 0 Å². The summed E-state index contributed by atoms with van der Waals surface area (Å²) in [7, 11) is 2.19. The van der Waals surface area contributed by atoms with Crippen molar-refractivity contribution in [1.82, 2.24) is 4.90 Å². The Balaban J connectivity index is 1.87. The Morgan fingerprint density at radius 1 is 1.18 bits per heavy atom. The van der Waals surface area contributed by atoms with E-state index in [0.717, 1.165) is 32.1 Å². The van der Waals surface area contributed by atoms with Gasteiger partial charge >= 0.3 is 5.97 Å². The number of carbonyl (C=O) groups is 1. The predicted octanol–water partition coefficient (Wildman–Crippen LogP) is 2.98. The average molecular weight is 311 g/mol. The highest BCUT2D eigenvalue weighted by atomic mass is 16.5. The Hall–Kier alpha value is -0.610. The summed E-state index contributed by atoms with van der Waals surface area (Å²) in [4.78, 5) is 14.7. The van der Waals surface area contributed by atoms with Crippen molar-refractivity contribution in [3.05, 3.63) is 0 Å². The van der Waals surface area contributed by atoms with Crippen LogP contribution in [0, 0.1) is 11.8 Å². The Labute approximate surface area is 135 Å². The van der Waals surface area contributed by atoms with Gasteiger partial charge < -0.3 is 9.84 Å². The Morgan fingerprint density at radius 2 is 1.77 bits per heavy atom. The van der Waals surface area contributed by atoms with Crippen LogP contribution in [0.2, 0.25) is 0 Å². The first kappa shape index (κ1) is 17.7. The van der Waals surface area contributed by atoms with Gasteiger partial charge in [0, 0.05) is 11.1 Å². The van der Waals surface area contributed by atoms with Crippen molar-refractivity contribution in [2.45, 2.75) is 83.4 Å². The van der Waals surface area contributed by atoms with E-state index in [1.54, 1.807) is 0 Å². The van der Waals surface area contributed by atoms with Gasteiger partial charge in [-0.05, 0) is 72.8 Å². The molecule has 0 spiro atoms. The summed E-state index contributed by atoms with van der Waals surface area (Å²) in [6.45, 7) is 9.58. The quantitative estimate of drug-likeness (QED) is 0.814. The maximum Gasteiger partial charge on any atom is 0.309 e. The summed E-state index contributed by atoms with van der Waals surface area (Å²) in [5.41, 5.74) is 0.250. The molecule has 0 aromatic carbocycles. The Kier molecular flexibility index (Phi) is 5.23. The van der Waals surface area contributed by atoms with E-state index in [9.17, 15) is 9.90 Å². The molecule has 1 aliphatic carbocycles. The van der Waals surface area contributed by atoms with Gasteiger partial charge in [0.25, 0.3) is 0 Å². The summed E-state index contributed by atoms with van der Waals surface area (Å²) >= 11 is 0. The van der Waals surface area contributed by atoms with Gasteiger partial charge in [0.05, 0.1) is 18.6 Å². The van der Waals surface area contributed by atoms with Crippen molar-refractivity contribution in [3.63, 3.8) is 0 Å². The summed E-state index contributed by atoms with van der Waals surface area (Å²) in [6, 6.07) is 0. The molecule has 2 fully saturated rings. The van der Waals surface area contributed by atoms with E-state index in [2.05, 4.69) is 39.6 Å². The number of likely N-dealkylation sites (tertiary alicyclic amines) is 1. The van der Waals surface area contributed by atoms with Gasteiger partial charge in [-0.2, -0.15) is 0 Å². The lowest BCUT2D eigenvalue weighted by atomic mass is 9.74. The molecule has 0 amide bonds. The molecule has 2 unspecified atom stereocenters. The summed E-state index contributed by atoms with van der Waals surface area (Å²) in [6.07, 6.45) is 4.95. The minimum Gasteiger partial charge on any atom is -0.465 e. The monoisotopic (exact) mass is 311 g/mol. The van der Waals surface area contributed by atoms with Crippen LogP contribution in [0.25, 0.3) is 0 Å². The minimum atomic E-state index is -0.326. The van der Waals surface area contributed by atoms with E-state index in [1.165, 1.54) is 0 Å². The number of rotatable bonds is 3. The first-order chi connectivity index (χ1) is 10.1. The largest absolute Gasteiger partial charge is 0.465 e. The van der Waals surface area contributed by atoms with Crippen molar-refractivity contribution < 1.29 is 14.6 Å². The molecule has 0 aromatic rings. The van der Waals surface area contributed by atoms with Gasteiger partial charge in [0.1, 0.15) is 0 Å². The number of nitrogens with zero attached hydrogens (tertiary/aromatic N) is 1. The number of esters is 1. The summed E-state index contributed by atoms with van der Waals surface area (Å²) < 4.78 is 5.62. The highest BCUT2D eigenvalue weighted by molar-refractivity contribution is 5.72. The van der Waals surface area contributed by atoms with Crippen LogP contribution in [0.4, 0.5) is 0 Å². The predicted molar refractivity (Wildman–Crippen MR) is 87.6 cm³/mol. The number of aliphatic hydroxyl groups is 1. The molecule has 4 heteroatoms. The normalized spacial score (nSPS) is 32.6. The van der Waals surface area contributed by atoms with Crippen molar-refractivity contribution >= 4 is 5.97 Å². The lowest BCUT2D eigenvalue weighted by Crippen LogP contribution is -2.59. The molecule has 2 rings (SSSR count). The number of carbonyl (C=O) groups excluding carboxylic acids is 1.